The highest BCUT2D eigenvalue weighted by Gasteiger charge is 2.02. The van der Waals surface area contributed by atoms with Crippen LogP contribution in [0.1, 0.15) is 25.3 Å². The Morgan fingerprint density at radius 1 is 1.60 bits per heavy atom. The first kappa shape index (κ1) is 11.9. The van der Waals surface area contributed by atoms with Crippen molar-refractivity contribution < 1.29 is 4.79 Å². The summed E-state index contributed by atoms with van der Waals surface area (Å²) in [5.41, 5.74) is 1.21. The molecule has 1 rings (SSSR count). The number of rotatable bonds is 6. The SMILES string of the molecule is CC(=O)CCCN(C)Cc1cnn(C)c1. The Hall–Kier alpha value is -1.16. The van der Waals surface area contributed by atoms with Crippen LogP contribution in [0.5, 0.6) is 0 Å². The van der Waals surface area contributed by atoms with Crippen molar-refractivity contribution in [2.75, 3.05) is 13.6 Å². The third kappa shape index (κ3) is 4.74. The third-order valence-electron chi connectivity index (χ3n) is 2.28. The van der Waals surface area contributed by atoms with Gasteiger partial charge in [-0.15, -0.1) is 0 Å². The summed E-state index contributed by atoms with van der Waals surface area (Å²) in [4.78, 5) is 13.0. The van der Waals surface area contributed by atoms with E-state index in [1.807, 2.05) is 19.4 Å². The standard InChI is InChI=1S/C11H19N3O/c1-10(15)5-4-6-13(2)8-11-7-12-14(3)9-11/h7,9H,4-6,8H2,1-3H3. The first-order valence-corrected chi connectivity index (χ1v) is 5.23. The molecule has 1 aromatic rings. The van der Waals surface area contributed by atoms with Gasteiger partial charge in [0.25, 0.3) is 0 Å². The van der Waals surface area contributed by atoms with Crippen LogP contribution >= 0.6 is 0 Å². The first-order chi connectivity index (χ1) is 7.08. The van der Waals surface area contributed by atoms with Gasteiger partial charge in [-0.2, -0.15) is 5.10 Å². The van der Waals surface area contributed by atoms with Crippen molar-refractivity contribution in [1.29, 1.82) is 0 Å². The lowest BCUT2D eigenvalue weighted by molar-refractivity contribution is -0.117. The normalized spacial score (nSPS) is 10.9. The molecule has 1 heterocycles. The number of Topliss-reactive ketones (excluding diaryl/α,β-unsaturated/α-hetero) is 1. The molecule has 0 fully saturated rings. The lowest BCUT2D eigenvalue weighted by Gasteiger charge is -2.14. The minimum atomic E-state index is 0.268. The van der Waals surface area contributed by atoms with Crippen LogP contribution in [0.25, 0.3) is 0 Å². The maximum Gasteiger partial charge on any atom is 0.129 e. The zero-order chi connectivity index (χ0) is 11.3. The van der Waals surface area contributed by atoms with Crippen molar-refractivity contribution >= 4 is 5.78 Å². The van der Waals surface area contributed by atoms with E-state index in [0.717, 1.165) is 19.5 Å². The Morgan fingerprint density at radius 2 is 2.33 bits per heavy atom. The smallest absolute Gasteiger partial charge is 0.129 e. The summed E-state index contributed by atoms with van der Waals surface area (Å²) >= 11 is 0. The Morgan fingerprint density at radius 3 is 2.87 bits per heavy atom. The molecule has 0 saturated carbocycles. The molecule has 0 amide bonds. The quantitative estimate of drug-likeness (QED) is 0.707. The molecular formula is C11H19N3O. The Labute approximate surface area is 90.9 Å². The molecule has 0 aromatic carbocycles. The zero-order valence-electron chi connectivity index (χ0n) is 9.73. The lowest BCUT2D eigenvalue weighted by atomic mass is 10.2. The molecule has 1 aromatic heterocycles. The summed E-state index contributed by atoms with van der Waals surface area (Å²) < 4.78 is 1.80. The molecule has 0 atom stereocenters. The maximum atomic E-state index is 10.8. The van der Waals surface area contributed by atoms with E-state index in [2.05, 4.69) is 17.0 Å². The Kier molecular flexibility index (Phi) is 4.49. The number of carbonyl (C=O) groups excluding carboxylic acids is 1. The molecule has 0 unspecified atom stereocenters. The predicted molar refractivity (Wildman–Crippen MR) is 59.5 cm³/mol. The van der Waals surface area contributed by atoms with E-state index in [1.165, 1.54) is 5.56 Å². The molecule has 4 nitrogen and oxygen atoms in total. The molecule has 0 spiro atoms. The van der Waals surface area contributed by atoms with Gasteiger partial charge in [0.2, 0.25) is 0 Å². The van der Waals surface area contributed by atoms with Crippen LogP contribution in [0.15, 0.2) is 12.4 Å². The third-order valence-corrected chi connectivity index (χ3v) is 2.28. The summed E-state index contributed by atoms with van der Waals surface area (Å²) in [6.07, 6.45) is 5.51. The van der Waals surface area contributed by atoms with Gasteiger partial charge in [-0.05, 0) is 26.9 Å². The van der Waals surface area contributed by atoms with Crippen LogP contribution in [-0.2, 0) is 18.4 Å². The van der Waals surface area contributed by atoms with Gasteiger partial charge in [-0.1, -0.05) is 0 Å². The van der Waals surface area contributed by atoms with E-state index >= 15 is 0 Å². The van der Waals surface area contributed by atoms with Crippen LogP contribution < -0.4 is 0 Å². The monoisotopic (exact) mass is 209 g/mol. The second-order valence-electron chi connectivity index (χ2n) is 4.07. The van der Waals surface area contributed by atoms with Crippen LogP contribution in [-0.4, -0.2) is 34.1 Å². The van der Waals surface area contributed by atoms with Crippen molar-refractivity contribution in [3.8, 4) is 0 Å². The number of hydrogen-bond acceptors (Lipinski definition) is 3. The molecule has 84 valence electrons. The van der Waals surface area contributed by atoms with E-state index in [9.17, 15) is 4.79 Å². The Bertz CT molecular complexity index is 319. The molecule has 0 aliphatic heterocycles. The number of aryl methyl sites for hydroxylation is 1. The largest absolute Gasteiger partial charge is 0.302 e. The van der Waals surface area contributed by atoms with Crippen molar-refractivity contribution in [3.63, 3.8) is 0 Å². The predicted octanol–water partition coefficient (Wildman–Crippen LogP) is 1.22. The van der Waals surface area contributed by atoms with Gasteiger partial charge in [0.1, 0.15) is 5.78 Å². The van der Waals surface area contributed by atoms with E-state index in [-0.39, 0.29) is 5.78 Å². The number of ketones is 1. The van der Waals surface area contributed by atoms with Crippen LogP contribution in [0.2, 0.25) is 0 Å². The summed E-state index contributed by atoms with van der Waals surface area (Å²) in [6.45, 7) is 3.49. The van der Waals surface area contributed by atoms with Gasteiger partial charge >= 0.3 is 0 Å². The average Bonchev–Trinajstić information content (AvgIpc) is 2.50. The van der Waals surface area contributed by atoms with Crippen molar-refractivity contribution in [2.45, 2.75) is 26.3 Å². The number of aromatic nitrogens is 2. The molecule has 0 bridgehead atoms. The van der Waals surface area contributed by atoms with Crippen molar-refractivity contribution in [1.82, 2.24) is 14.7 Å². The minimum Gasteiger partial charge on any atom is -0.302 e. The zero-order valence-corrected chi connectivity index (χ0v) is 9.73. The summed E-state index contributed by atoms with van der Waals surface area (Å²) in [5, 5.41) is 4.11. The molecule has 15 heavy (non-hydrogen) atoms. The molecule has 0 radical (unpaired) electrons. The van der Waals surface area contributed by atoms with Crippen molar-refractivity contribution in [2.24, 2.45) is 7.05 Å². The van der Waals surface area contributed by atoms with E-state index in [0.29, 0.717) is 6.42 Å². The fraction of sp³-hybridized carbons (Fsp3) is 0.636. The number of nitrogens with zero attached hydrogens (tertiary/aromatic N) is 3. The van der Waals surface area contributed by atoms with Gasteiger partial charge < -0.3 is 9.69 Å². The van der Waals surface area contributed by atoms with Crippen LogP contribution in [0.4, 0.5) is 0 Å². The second kappa shape index (κ2) is 5.66. The highest BCUT2D eigenvalue weighted by Crippen LogP contribution is 2.02. The fourth-order valence-corrected chi connectivity index (χ4v) is 1.54. The molecule has 0 saturated heterocycles. The van der Waals surface area contributed by atoms with E-state index in [4.69, 9.17) is 0 Å². The van der Waals surface area contributed by atoms with Gasteiger partial charge in [0.15, 0.2) is 0 Å². The van der Waals surface area contributed by atoms with Gasteiger partial charge in [-0.3, -0.25) is 4.68 Å². The lowest BCUT2D eigenvalue weighted by Crippen LogP contribution is -2.19. The van der Waals surface area contributed by atoms with E-state index < -0.39 is 0 Å². The molecule has 4 heteroatoms. The van der Waals surface area contributed by atoms with E-state index in [1.54, 1.807) is 11.6 Å². The minimum absolute atomic E-state index is 0.268. The molecule has 0 aliphatic rings. The van der Waals surface area contributed by atoms with Gasteiger partial charge in [-0.25, -0.2) is 0 Å². The second-order valence-corrected chi connectivity index (χ2v) is 4.07. The first-order valence-electron chi connectivity index (χ1n) is 5.23. The topological polar surface area (TPSA) is 38.1 Å². The highest BCUT2D eigenvalue weighted by molar-refractivity contribution is 5.75. The summed E-state index contributed by atoms with van der Waals surface area (Å²) in [7, 11) is 3.98. The fourth-order valence-electron chi connectivity index (χ4n) is 1.54. The van der Waals surface area contributed by atoms with Gasteiger partial charge in [0.05, 0.1) is 6.20 Å². The molecular weight excluding hydrogens is 190 g/mol. The maximum absolute atomic E-state index is 10.8. The number of hydrogen-bond donors (Lipinski definition) is 0. The summed E-state index contributed by atoms with van der Waals surface area (Å²) in [5.74, 6) is 0.268. The van der Waals surface area contributed by atoms with Crippen LogP contribution in [0, 0.1) is 0 Å². The Balaban J connectivity index is 2.24. The molecule has 0 N–H and O–H groups in total. The highest BCUT2D eigenvalue weighted by atomic mass is 16.1. The summed E-state index contributed by atoms with van der Waals surface area (Å²) in [6, 6.07) is 0. The molecule has 0 aliphatic carbocycles. The average molecular weight is 209 g/mol. The van der Waals surface area contributed by atoms with Crippen molar-refractivity contribution in [3.05, 3.63) is 18.0 Å². The van der Waals surface area contributed by atoms with Crippen LogP contribution in [0.3, 0.4) is 0 Å². The van der Waals surface area contributed by atoms with Gasteiger partial charge in [0, 0.05) is 31.8 Å². The number of carbonyl (C=O) groups is 1.